The van der Waals surface area contributed by atoms with Crippen molar-refractivity contribution in [3.8, 4) is 0 Å². The summed E-state index contributed by atoms with van der Waals surface area (Å²) < 4.78 is 0. The van der Waals surface area contributed by atoms with E-state index in [1.165, 1.54) is 0 Å². The molecule has 3 aromatic carbocycles. The number of hydrogen-bond acceptors (Lipinski definition) is 3. The summed E-state index contributed by atoms with van der Waals surface area (Å²) in [4.78, 5) is 15.1. The van der Waals surface area contributed by atoms with E-state index in [0.717, 1.165) is 22.4 Å². The van der Waals surface area contributed by atoms with Gasteiger partial charge in [0.25, 0.3) is 0 Å². The smallest absolute Gasteiger partial charge is 0.184 e. The molecule has 0 amide bonds. The number of anilines is 1. The highest BCUT2D eigenvalue weighted by Crippen LogP contribution is 2.20. The van der Waals surface area contributed by atoms with E-state index in [2.05, 4.69) is 34.5 Å². The van der Waals surface area contributed by atoms with Gasteiger partial charge in [-0.15, -0.1) is 12.4 Å². The van der Waals surface area contributed by atoms with Gasteiger partial charge in [-0.25, -0.2) is 0 Å². The molecule has 0 aromatic heterocycles. The standard InChI is InChI=1S/C23H24N2O.ClH/c1-25(2)21-15-13-18(14-16-21)17-24-22(19-9-5-3-6-10-19)23(26)20-11-7-4-8-12-20;/h3-16,22,24H,17H2,1-2H3;1H. The third-order valence-corrected chi connectivity index (χ3v) is 4.42. The van der Waals surface area contributed by atoms with Crippen LogP contribution in [0, 0.1) is 0 Å². The summed E-state index contributed by atoms with van der Waals surface area (Å²) in [7, 11) is 4.05. The number of carbonyl (C=O) groups is 1. The molecule has 0 heterocycles. The minimum absolute atomic E-state index is 0. The molecule has 0 saturated heterocycles. The zero-order valence-electron chi connectivity index (χ0n) is 15.6. The molecule has 27 heavy (non-hydrogen) atoms. The van der Waals surface area contributed by atoms with Crippen molar-refractivity contribution in [2.45, 2.75) is 12.6 Å². The SMILES string of the molecule is CN(C)c1ccc(CNC(C(=O)c2ccccc2)c2ccccc2)cc1.Cl. The summed E-state index contributed by atoms with van der Waals surface area (Å²) in [6.45, 7) is 0.631. The van der Waals surface area contributed by atoms with Crippen LogP contribution in [0.4, 0.5) is 5.69 Å². The third-order valence-electron chi connectivity index (χ3n) is 4.42. The van der Waals surface area contributed by atoms with Gasteiger partial charge >= 0.3 is 0 Å². The van der Waals surface area contributed by atoms with Gasteiger partial charge < -0.3 is 4.90 Å². The zero-order valence-corrected chi connectivity index (χ0v) is 16.4. The molecule has 0 saturated carbocycles. The summed E-state index contributed by atoms with van der Waals surface area (Å²) in [6.07, 6.45) is 0. The van der Waals surface area contributed by atoms with Gasteiger partial charge in [-0.05, 0) is 23.3 Å². The van der Waals surface area contributed by atoms with Gasteiger partial charge in [0.2, 0.25) is 0 Å². The molecule has 0 bridgehead atoms. The molecule has 3 nitrogen and oxygen atoms in total. The number of carbonyl (C=O) groups excluding carboxylic acids is 1. The Morgan fingerprint density at radius 2 is 1.41 bits per heavy atom. The number of benzene rings is 3. The van der Waals surface area contributed by atoms with Gasteiger partial charge in [0.15, 0.2) is 5.78 Å². The predicted octanol–water partition coefficient (Wildman–Crippen LogP) is 4.89. The number of ketones is 1. The van der Waals surface area contributed by atoms with E-state index in [-0.39, 0.29) is 24.2 Å². The molecule has 1 unspecified atom stereocenters. The molecule has 0 aliphatic carbocycles. The number of rotatable bonds is 7. The molecule has 0 fully saturated rings. The van der Waals surface area contributed by atoms with Crippen LogP contribution in [-0.2, 0) is 6.54 Å². The van der Waals surface area contributed by atoms with Crippen LogP contribution in [0.5, 0.6) is 0 Å². The Bertz CT molecular complexity index is 833. The fourth-order valence-corrected chi connectivity index (χ4v) is 2.91. The molecular formula is C23H25ClN2O. The highest BCUT2D eigenvalue weighted by atomic mass is 35.5. The molecule has 0 radical (unpaired) electrons. The van der Waals surface area contributed by atoms with E-state index < -0.39 is 0 Å². The monoisotopic (exact) mass is 380 g/mol. The van der Waals surface area contributed by atoms with Crippen LogP contribution in [0.15, 0.2) is 84.9 Å². The quantitative estimate of drug-likeness (QED) is 0.592. The Balaban J connectivity index is 0.00000261. The lowest BCUT2D eigenvalue weighted by atomic mass is 9.97. The summed E-state index contributed by atoms with van der Waals surface area (Å²) in [5, 5.41) is 3.44. The number of hydrogen-bond donors (Lipinski definition) is 1. The lowest BCUT2D eigenvalue weighted by Crippen LogP contribution is -2.28. The van der Waals surface area contributed by atoms with Crippen molar-refractivity contribution in [2.75, 3.05) is 19.0 Å². The maximum absolute atomic E-state index is 13.0. The number of halogens is 1. The number of nitrogens with zero attached hydrogens (tertiary/aromatic N) is 1. The number of Topliss-reactive ketones (excluding diaryl/α,β-unsaturated/α-hetero) is 1. The fourth-order valence-electron chi connectivity index (χ4n) is 2.91. The average Bonchev–Trinajstić information content (AvgIpc) is 2.70. The summed E-state index contributed by atoms with van der Waals surface area (Å²) in [5.41, 5.74) is 4.01. The molecule has 0 aliphatic heterocycles. The Morgan fingerprint density at radius 1 is 0.852 bits per heavy atom. The van der Waals surface area contributed by atoms with Gasteiger partial charge in [-0.3, -0.25) is 10.1 Å². The van der Waals surface area contributed by atoms with E-state index in [1.807, 2.05) is 74.8 Å². The highest BCUT2D eigenvalue weighted by Gasteiger charge is 2.21. The topological polar surface area (TPSA) is 32.3 Å². The van der Waals surface area contributed by atoms with Gasteiger partial charge in [0, 0.05) is 31.9 Å². The molecule has 0 spiro atoms. The first-order valence-corrected chi connectivity index (χ1v) is 8.79. The molecule has 3 rings (SSSR count). The van der Waals surface area contributed by atoms with Crippen molar-refractivity contribution < 1.29 is 4.79 Å². The summed E-state index contributed by atoms with van der Waals surface area (Å²) in [5.74, 6) is 0.0849. The van der Waals surface area contributed by atoms with Crippen molar-refractivity contribution in [2.24, 2.45) is 0 Å². The van der Waals surface area contributed by atoms with E-state index in [4.69, 9.17) is 0 Å². The molecule has 0 aliphatic rings. The molecule has 1 N–H and O–H groups in total. The van der Waals surface area contributed by atoms with Gasteiger partial charge in [0.1, 0.15) is 0 Å². The fraction of sp³-hybridized carbons (Fsp3) is 0.174. The largest absolute Gasteiger partial charge is 0.378 e. The van der Waals surface area contributed by atoms with Crippen molar-refractivity contribution in [3.05, 3.63) is 102 Å². The zero-order chi connectivity index (χ0) is 18.4. The van der Waals surface area contributed by atoms with Crippen molar-refractivity contribution in [1.82, 2.24) is 5.32 Å². The first-order valence-electron chi connectivity index (χ1n) is 8.79. The van der Waals surface area contributed by atoms with E-state index in [9.17, 15) is 4.79 Å². The first-order chi connectivity index (χ1) is 12.6. The van der Waals surface area contributed by atoms with Crippen LogP contribution in [0.3, 0.4) is 0 Å². The van der Waals surface area contributed by atoms with Crippen molar-refractivity contribution >= 4 is 23.9 Å². The summed E-state index contributed by atoms with van der Waals surface area (Å²) >= 11 is 0. The average molecular weight is 381 g/mol. The second-order valence-electron chi connectivity index (χ2n) is 6.52. The minimum Gasteiger partial charge on any atom is -0.378 e. The predicted molar refractivity (Wildman–Crippen MR) is 115 cm³/mol. The lowest BCUT2D eigenvalue weighted by molar-refractivity contribution is 0.0942. The Morgan fingerprint density at radius 3 is 1.96 bits per heavy atom. The highest BCUT2D eigenvalue weighted by molar-refractivity contribution is 6.00. The summed E-state index contributed by atoms with van der Waals surface area (Å²) in [6, 6.07) is 27.3. The second-order valence-corrected chi connectivity index (χ2v) is 6.52. The Labute approximate surface area is 167 Å². The Hall–Kier alpha value is -2.62. The maximum Gasteiger partial charge on any atom is 0.184 e. The molecule has 140 valence electrons. The lowest BCUT2D eigenvalue weighted by Gasteiger charge is -2.19. The van der Waals surface area contributed by atoms with Crippen molar-refractivity contribution in [3.63, 3.8) is 0 Å². The third kappa shape index (κ3) is 5.43. The van der Waals surface area contributed by atoms with Crippen LogP contribution in [0.2, 0.25) is 0 Å². The van der Waals surface area contributed by atoms with E-state index >= 15 is 0 Å². The molecule has 1 atom stereocenters. The van der Waals surface area contributed by atoms with Crippen LogP contribution in [-0.4, -0.2) is 19.9 Å². The van der Waals surface area contributed by atoms with Crippen LogP contribution in [0.25, 0.3) is 0 Å². The maximum atomic E-state index is 13.0. The van der Waals surface area contributed by atoms with Crippen molar-refractivity contribution in [1.29, 1.82) is 0 Å². The first kappa shape index (κ1) is 20.7. The second kappa shape index (κ2) is 9.91. The van der Waals surface area contributed by atoms with Gasteiger partial charge in [0.05, 0.1) is 6.04 Å². The van der Waals surface area contributed by atoms with Crippen LogP contribution in [0.1, 0.15) is 27.5 Å². The Kier molecular flexibility index (Phi) is 7.59. The van der Waals surface area contributed by atoms with Gasteiger partial charge in [-0.1, -0.05) is 72.8 Å². The minimum atomic E-state index is -0.368. The van der Waals surface area contributed by atoms with Crippen LogP contribution >= 0.6 is 12.4 Å². The van der Waals surface area contributed by atoms with Crippen LogP contribution < -0.4 is 10.2 Å². The molecule has 4 heteroatoms. The van der Waals surface area contributed by atoms with E-state index in [1.54, 1.807) is 0 Å². The molecule has 3 aromatic rings. The number of nitrogens with one attached hydrogen (secondary N) is 1. The van der Waals surface area contributed by atoms with E-state index in [0.29, 0.717) is 6.54 Å². The van der Waals surface area contributed by atoms with Gasteiger partial charge in [-0.2, -0.15) is 0 Å². The molecular weight excluding hydrogens is 356 g/mol. The normalized spacial score (nSPS) is 11.3.